The molecule has 0 heterocycles. The van der Waals surface area contributed by atoms with Gasteiger partial charge in [0, 0.05) is 11.1 Å². The van der Waals surface area contributed by atoms with Gasteiger partial charge in [-0.05, 0) is 96.8 Å². The fraction of sp³-hybridized carbons (Fsp3) is 0.520. The van der Waals surface area contributed by atoms with Crippen molar-refractivity contribution in [2.45, 2.75) is 142 Å². The number of nitrogens with zero attached hydrogens (tertiary/aromatic N) is 2. The fourth-order valence-electron chi connectivity index (χ4n) is 6.86. The highest BCUT2D eigenvalue weighted by Gasteiger charge is 2.13. The van der Waals surface area contributed by atoms with E-state index in [9.17, 15) is 10.5 Å². The van der Waals surface area contributed by atoms with Gasteiger partial charge in [0.05, 0.1) is 50.7 Å². The Balaban J connectivity index is 1.55. The molecule has 6 heteroatoms. The van der Waals surface area contributed by atoms with Gasteiger partial charge < -0.3 is 18.9 Å². The Morgan fingerprint density at radius 2 is 0.768 bits per heavy atom. The first-order valence-electron chi connectivity index (χ1n) is 21.5. The number of allylic oxidation sites excluding steroid dienone is 2. The molecule has 3 aromatic carbocycles. The van der Waals surface area contributed by atoms with E-state index in [1.807, 2.05) is 60.7 Å². The average molecular weight is 761 g/mol. The predicted octanol–water partition coefficient (Wildman–Crippen LogP) is 14.4. The monoisotopic (exact) mass is 761 g/mol. The summed E-state index contributed by atoms with van der Waals surface area (Å²) in [6.07, 6.45) is 29.4. The van der Waals surface area contributed by atoms with E-state index in [4.69, 9.17) is 18.9 Å². The summed E-state index contributed by atoms with van der Waals surface area (Å²) < 4.78 is 23.5. The lowest BCUT2D eigenvalue weighted by atomic mass is 9.99. The van der Waals surface area contributed by atoms with Crippen LogP contribution in [0.25, 0.3) is 23.3 Å². The predicted molar refractivity (Wildman–Crippen MR) is 234 cm³/mol. The number of ether oxygens (including phenoxy) is 4. The molecule has 0 bridgehead atoms. The third kappa shape index (κ3) is 17.4. The van der Waals surface area contributed by atoms with E-state index >= 15 is 0 Å². The molecule has 0 unspecified atom stereocenters. The van der Waals surface area contributed by atoms with E-state index < -0.39 is 0 Å². The van der Waals surface area contributed by atoms with Gasteiger partial charge in [-0.2, -0.15) is 10.5 Å². The van der Waals surface area contributed by atoms with Crippen LogP contribution in [-0.4, -0.2) is 27.4 Å². The normalized spacial score (nSPS) is 11.5. The lowest BCUT2D eigenvalue weighted by molar-refractivity contribution is 0.304. The molecule has 0 N–H and O–H groups in total. The zero-order chi connectivity index (χ0) is 40.1. The largest absolute Gasteiger partial charge is 0.496 e. The highest BCUT2D eigenvalue weighted by atomic mass is 16.5. The number of rotatable bonds is 30. The molecule has 0 aromatic heterocycles. The molecule has 0 radical (unpaired) electrons. The van der Waals surface area contributed by atoms with Gasteiger partial charge in [0.2, 0.25) is 0 Å². The van der Waals surface area contributed by atoms with Crippen molar-refractivity contribution in [3.63, 3.8) is 0 Å². The van der Waals surface area contributed by atoms with Gasteiger partial charge in [0.1, 0.15) is 23.0 Å². The minimum absolute atomic E-state index is 0.489. The standard InChI is InChI=1S/C50H68N2O4/c1-5-7-9-11-13-15-17-19-21-23-33-55-47-29-25-41(26-30-47)45(39-51)35-43-37-50(54-4)44(38-49(43)53-3)36-46(40-52)42-27-31-48(32-28-42)56-34-24-22-20-18-16-14-12-10-8-6-2/h25-32,35-38H,5-24,33-34H2,1-4H3/b45-35-,46-36+. The first-order valence-corrected chi connectivity index (χ1v) is 21.5. The number of benzene rings is 3. The van der Waals surface area contributed by atoms with Gasteiger partial charge in [0.15, 0.2) is 0 Å². The summed E-state index contributed by atoms with van der Waals surface area (Å²) >= 11 is 0. The van der Waals surface area contributed by atoms with Crippen molar-refractivity contribution in [3.8, 4) is 35.1 Å². The zero-order valence-corrected chi connectivity index (χ0v) is 35.0. The Hall–Kier alpha value is -4.68. The number of hydrogen-bond donors (Lipinski definition) is 0. The maximum Gasteiger partial charge on any atom is 0.126 e. The van der Waals surface area contributed by atoms with Crippen molar-refractivity contribution in [3.05, 3.63) is 82.9 Å². The van der Waals surface area contributed by atoms with Crippen LogP contribution in [0.15, 0.2) is 60.7 Å². The van der Waals surface area contributed by atoms with Gasteiger partial charge >= 0.3 is 0 Å². The molecule has 56 heavy (non-hydrogen) atoms. The van der Waals surface area contributed by atoms with E-state index in [1.54, 1.807) is 26.4 Å². The van der Waals surface area contributed by atoms with Crippen LogP contribution in [-0.2, 0) is 0 Å². The Morgan fingerprint density at radius 3 is 1.05 bits per heavy atom. The number of hydrogen-bond acceptors (Lipinski definition) is 6. The minimum Gasteiger partial charge on any atom is -0.496 e. The highest BCUT2D eigenvalue weighted by molar-refractivity contribution is 5.93. The molecule has 0 amide bonds. The summed E-state index contributed by atoms with van der Waals surface area (Å²) in [5.41, 5.74) is 3.94. The Kier molecular flexibility index (Phi) is 23.4. The van der Waals surface area contributed by atoms with Crippen molar-refractivity contribution in [1.82, 2.24) is 0 Å². The van der Waals surface area contributed by atoms with Gasteiger partial charge in [0.25, 0.3) is 0 Å². The molecule has 0 spiro atoms. The molecule has 0 saturated heterocycles. The molecule has 302 valence electrons. The first-order chi connectivity index (χ1) is 27.6. The van der Waals surface area contributed by atoms with Crippen LogP contribution in [0.3, 0.4) is 0 Å². The van der Waals surface area contributed by atoms with Crippen molar-refractivity contribution in [2.75, 3.05) is 27.4 Å². The summed E-state index contributed by atoms with van der Waals surface area (Å²) in [7, 11) is 3.19. The summed E-state index contributed by atoms with van der Waals surface area (Å²) in [5, 5.41) is 20.2. The van der Waals surface area contributed by atoms with E-state index in [1.165, 1.54) is 116 Å². The quantitative estimate of drug-likeness (QED) is 0.0382. The second kappa shape index (κ2) is 28.7. The van der Waals surface area contributed by atoms with Crippen molar-refractivity contribution < 1.29 is 18.9 Å². The highest BCUT2D eigenvalue weighted by Crippen LogP contribution is 2.35. The van der Waals surface area contributed by atoms with Crippen LogP contribution >= 0.6 is 0 Å². The van der Waals surface area contributed by atoms with Gasteiger partial charge in [-0.1, -0.05) is 129 Å². The van der Waals surface area contributed by atoms with E-state index in [0.29, 0.717) is 47.0 Å². The molecular formula is C50H68N2O4. The zero-order valence-electron chi connectivity index (χ0n) is 35.0. The van der Waals surface area contributed by atoms with Crippen LogP contribution in [0.5, 0.6) is 23.0 Å². The lowest BCUT2D eigenvalue weighted by Crippen LogP contribution is -1.97. The molecule has 3 aromatic rings. The number of nitriles is 2. The van der Waals surface area contributed by atoms with Gasteiger partial charge in [-0.25, -0.2) is 0 Å². The van der Waals surface area contributed by atoms with Crippen LogP contribution in [0.1, 0.15) is 165 Å². The molecule has 0 aliphatic heterocycles. The summed E-state index contributed by atoms with van der Waals surface area (Å²) in [6, 6.07) is 23.7. The Labute approximate surface area is 339 Å². The lowest BCUT2D eigenvalue weighted by Gasteiger charge is -2.13. The average Bonchev–Trinajstić information content (AvgIpc) is 3.23. The molecule has 0 saturated carbocycles. The van der Waals surface area contributed by atoms with Crippen molar-refractivity contribution >= 4 is 23.3 Å². The summed E-state index contributed by atoms with van der Waals surface area (Å²) in [4.78, 5) is 0. The van der Waals surface area contributed by atoms with Crippen molar-refractivity contribution in [1.29, 1.82) is 10.5 Å². The number of methoxy groups -OCH3 is 2. The van der Waals surface area contributed by atoms with Crippen LogP contribution in [0.4, 0.5) is 0 Å². The Morgan fingerprint density at radius 1 is 0.464 bits per heavy atom. The molecule has 0 aliphatic rings. The fourth-order valence-corrected chi connectivity index (χ4v) is 6.86. The molecule has 3 rings (SSSR count). The second-order valence-corrected chi connectivity index (χ2v) is 14.8. The van der Waals surface area contributed by atoms with E-state index in [0.717, 1.165) is 35.5 Å². The number of unbranched alkanes of at least 4 members (excludes halogenated alkanes) is 18. The third-order valence-corrected chi connectivity index (χ3v) is 10.3. The summed E-state index contributed by atoms with van der Waals surface area (Å²) in [6.45, 7) is 5.91. The smallest absolute Gasteiger partial charge is 0.126 e. The van der Waals surface area contributed by atoms with Gasteiger partial charge in [-0.15, -0.1) is 0 Å². The second-order valence-electron chi connectivity index (χ2n) is 14.8. The van der Waals surface area contributed by atoms with Crippen LogP contribution in [0, 0.1) is 22.7 Å². The van der Waals surface area contributed by atoms with Crippen molar-refractivity contribution in [2.24, 2.45) is 0 Å². The molecule has 0 atom stereocenters. The maximum absolute atomic E-state index is 10.1. The van der Waals surface area contributed by atoms with E-state index in [2.05, 4.69) is 26.0 Å². The SMILES string of the molecule is CCCCCCCCCCCCOc1ccc(/C(C#N)=C/c2cc(OC)c(/C=C(/C#N)c3ccc(OCCCCCCCCCCCC)cc3)cc2OC)cc1. The van der Waals surface area contributed by atoms with Crippen LogP contribution < -0.4 is 18.9 Å². The molecule has 6 nitrogen and oxygen atoms in total. The first kappa shape index (κ1) is 45.7. The minimum atomic E-state index is 0.489. The van der Waals surface area contributed by atoms with E-state index in [-0.39, 0.29) is 0 Å². The summed E-state index contributed by atoms with van der Waals surface area (Å²) in [5.74, 6) is 2.73. The van der Waals surface area contributed by atoms with Crippen LogP contribution in [0.2, 0.25) is 0 Å². The molecular weight excluding hydrogens is 693 g/mol. The Bertz CT molecular complexity index is 1540. The molecule has 0 fully saturated rings. The molecule has 0 aliphatic carbocycles. The van der Waals surface area contributed by atoms with Gasteiger partial charge in [-0.3, -0.25) is 0 Å². The third-order valence-electron chi connectivity index (χ3n) is 10.3. The topological polar surface area (TPSA) is 84.5 Å². The maximum atomic E-state index is 10.1.